The molecule has 0 radical (unpaired) electrons. The van der Waals surface area contributed by atoms with Gasteiger partial charge in [0.1, 0.15) is 5.75 Å². The molecule has 1 aliphatic carbocycles. The van der Waals surface area contributed by atoms with Crippen molar-refractivity contribution in [2.24, 2.45) is 16.7 Å². The van der Waals surface area contributed by atoms with Crippen LogP contribution in [0.4, 0.5) is 0 Å². The van der Waals surface area contributed by atoms with E-state index in [0.29, 0.717) is 11.7 Å². The second-order valence-electron chi connectivity index (χ2n) is 6.15. The van der Waals surface area contributed by atoms with Crippen molar-refractivity contribution in [1.29, 1.82) is 0 Å². The van der Waals surface area contributed by atoms with Gasteiger partial charge in [0.15, 0.2) is 0 Å². The second kappa shape index (κ2) is 5.28. The van der Waals surface area contributed by atoms with Crippen LogP contribution in [0.2, 0.25) is 0 Å². The van der Waals surface area contributed by atoms with Crippen molar-refractivity contribution in [3.05, 3.63) is 30.3 Å². The Labute approximate surface area is 123 Å². The molecule has 2 atom stereocenters. The number of hydrogen-bond acceptors (Lipinski definition) is 2. The Morgan fingerprint density at radius 3 is 2.47 bits per heavy atom. The minimum atomic E-state index is -0.415. The molecule has 0 heterocycles. The Hall–Kier alpha value is -0.830. The van der Waals surface area contributed by atoms with Crippen LogP contribution in [-0.2, 0) is 4.79 Å². The van der Waals surface area contributed by atoms with E-state index in [-0.39, 0.29) is 11.4 Å². The highest BCUT2D eigenvalue weighted by atomic mass is 79.9. The average molecular weight is 325 g/mol. The Morgan fingerprint density at radius 1 is 1.32 bits per heavy atom. The van der Waals surface area contributed by atoms with E-state index >= 15 is 0 Å². The number of rotatable bonds is 3. The van der Waals surface area contributed by atoms with E-state index in [2.05, 4.69) is 29.8 Å². The fraction of sp³-hybridized carbons (Fsp3) is 0.562. The highest BCUT2D eigenvalue weighted by Crippen LogP contribution is 2.56. The maximum absolute atomic E-state index is 12.6. The van der Waals surface area contributed by atoms with Crippen LogP contribution in [0.3, 0.4) is 0 Å². The zero-order valence-corrected chi connectivity index (χ0v) is 13.4. The summed E-state index contributed by atoms with van der Waals surface area (Å²) in [5, 5.41) is 0.939. The highest BCUT2D eigenvalue weighted by molar-refractivity contribution is 9.09. The van der Waals surface area contributed by atoms with Crippen LogP contribution in [0, 0.1) is 16.7 Å². The van der Waals surface area contributed by atoms with Crippen molar-refractivity contribution in [3.8, 4) is 5.75 Å². The van der Waals surface area contributed by atoms with Gasteiger partial charge in [-0.2, -0.15) is 0 Å². The van der Waals surface area contributed by atoms with Crippen molar-refractivity contribution in [1.82, 2.24) is 0 Å². The molecule has 0 N–H and O–H groups in total. The summed E-state index contributed by atoms with van der Waals surface area (Å²) in [5.74, 6) is 1.04. The smallest absolute Gasteiger partial charge is 0.317 e. The van der Waals surface area contributed by atoms with Crippen molar-refractivity contribution < 1.29 is 9.53 Å². The topological polar surface area (TPSA) is 26.3 Å². The third kappa shape index (κ3) is 2.45. The van der Waals surface area contributed by atoms with Crippen LogP contribution >= 0.6 is 15.9 Å². The fourth-order valence-corrected chi connectivity index (χ4v) is 4.07. The largest absolute Gasteiger partial charge is 0.426 e. The maximum Gasteiger partial charge on any atom is 0.317 e. The molecule has 0 saturated heterocycles. The summed E-state index contributed by atoms with van der Waals surface area (Å²) in [5.41, 5.74) is -0.469. The van der Waals surface area contributed by atoms with E-state index in [9.17, 15) is 4.79 Å². The van der Waals surface area contributed by atoms with E-state index in [1.807, 2.05) is 37.3 Å². The normalized spacial score (nSPS) is 29.2. The van der Waals surface area contributed by atoms with E-state index in [0.717, 1.165) is 18.2 Å². The third-order valence-corrected chi connectivity index (χ3v) is 5.81. The van der Waals surface area contributed by atoms with Gasteiger partial charge in [0.2, 0.25) is 0 Å². The first-order valence-corrected chi connectivity index (χ1v) is 7.87. The molecule has 104 valence electrons. The summed E-state index contributed by atoms with van der Waals surface area (Å²) in [7, 11) is 0. The predicted octanol–water partition coefficient (Wildman–Crippen LogP) is 4.43. The predicted molar refractivity (Wildman–Crippen MR) is 80.5 cm³/mol. The minimum Gasteiger partial charge on any atom is -0.426 e. The zero-order chi connectivity index (χ0) is 14.1. The lowest BCUT2D eigenvalue weighted by Crippen LogP contribution is -2.43. The van der Waals surface area contributed by atoms with Gasteiger partial charge >= 0.3 is 5.97 Å². The molecule has 0 unspecified atom stereocenters. The van der Waals surface area contributed by atoms with Crippen molar-refractivity contribution >= 4 is 21.9 Å². The molecule has 0 bridgehead atoms. The molecule has 0 aliphatic heterocycles. The average Bonchev–Trinajstić information content (AvgIpc) is 2.62. The summed E-state index contributed by atoms with van der Waals surface area (Å²) in [4.78, 5) is 12.6. The van der Waals surface area contributed by atoms with Crippen molar-refractivity contribution in [2.45, 2.75) is 33.6 Å². The zero-order valence-electron chi connectivity index (χ0n) is 11.8. The number of esters is 1. The first-order valence-electron chi connectivity index (χ1n) is 6.75. The van der Waals surface area contributed by atoms with Crippen molar-refractivity contribution in [3.63, 3.8) is 0 Å². The van der Waals surface area contributed by atoms with Crippen LogP contribution in [0.5, 0.6) is 5.75 Å². The molecule has 1 saturated carbocycles. The number of benzene rings is 1. The summed E-state index contributed by atoms with van der Waals surface area (Å²) in [6.45, 7) is 6.40. The molecule has 2 nitrogen and oxygen atoms in total. The van der Waals surface area contributed by atoms with Gasteiger partial charge in [0, 0.05) is 5.33 Å². The quantitative estimate of drug-likeness (QED) is 0.467. The van der Waals surface area contributed by atoms with Crippen LogP contribution in [-0.4, -0.2) is 11.3 Å². The lowest BCUT2D eigenvalue weighted by Gasteiger charge is -2.39. The Bertz CT molecular complexity index is 455. The van der Waals surface area contributed by atoms with E-state index in [4.69, 9.17) is 4.74 Å². The number of alkyl halides is 1. The Kier molecular flexibility index (Phi) is 4.05. The van der Waals surface area contributed by atoms with Gasteiger partial charge in [-0.05, 0) is 43.2 Å². The first-order chi connectivity index (χ1) is 8.91. The number of carbonyl (C=O) groups is 1. The number of para-hydroxylation sites is 1. The van der Waals surface area contributed by atoms with Gasteiger partial charge in [-0.15, -0.1) is 0 Å². The Balaban J connectivity index is 2.19. The minimum absolute atomic E-state index is 0.0532. The molecule has 1 fully saturated rings. The van der Waals surface area contributed by atoms with Crippen molar-refractivity contribution in [2.75, 3.05) is 5.33 Å². The molecule has 19 heavy (non-hydrogen) atoms. The molecule has 1 aromatic rings. The van der Waals surface area contributed by atoms with Crippen LogP contribution in [0.1, 0.15) is 33.6 Å². The maximum atomic E-state index is 12.6. The molecule has 0 aromatic heterocycles. The van der Waals surface area contributed by atoms with E-state index < -0.39 is 5.41 Å². The van der Waals surface area contributed by atoms with Gasteiger partial charge in [-0.3, -0.25) is 4.79 Å². The molecule has 3 heteroatoms. The van der Waals surface area contributed by atoms with E-state index in [1.165, 1.54) is 0 Å². The molecule has 0 spiro atoms. The number of ether oxygens (including phenoxy) is 1. The monoisotopic (exact) mass is 324 g/mol. The summed E-state index contributed by atoms with van der Waals surface area (Å²) >= 11 is 3.57. The lowest BCUT2D eigenvalue weighted by molar-refractivity contribution is -0.151. The molecular formula is C16H21BrO2. The van der Waals surface area contributed by atoms with Gasteiger partial charge < -0.3 is 4.74 Å². The van der Waals surface area contributed by atoms with Gasteiger partial charge in [0.25, 0.3) is 0 Å². The fourth-order valence-electron chi connectivity index (χ4n) is 2.94. The Morgan fingerprint density at radius 2 is 1.95 bits per heavy atom. The SMILES string of the molecule is CC1(C)[C@H](CBr)CC[C@@]1(C)C(=O)Oc1ccccc1. The summed E-state index contributed by atoms with van der Waals surface area (Å²) in [6, 6.07) is 9.33. The molecular weight excluding hydrogens is 304 g/mol. The number of halogens is 1. The molecule has 1 aromatic carbocycles. The second-order valence-corrected chi connectivity index (χ2v) is 6.79. The number of hydrogen-bond donors (Lipinski definition) is 0. The van der Waals surface area contributed by atoms with Crippen LogP contribution in [0.15, 0.2) is 30.3 Å². The molecule has 2 rings (SSSR count). The van der Waals surface area contributed by atoms with Crippen LogP contribution in [0.25, 0.3) is 0 Å². The number of carbonyl (C=O) groups excluding carboxylic acids is 1. The van der Waals surface area contributed by atoms with Crippen LogP contribution < -0.4 is 4.74 Å². The lowest BCUT2D eigenvalue weighted by atomic mass is 9.66. The summed E-state index contributed by atoms with van der Waals surface area (Å²) in [6.07, 6.45) is 1.96. The van der Waals surface area contributed by atoms with Gasteiger partial charge in [-0.1, -0.05) is 48.0 Å². The first kappa shape index (κ1) is 14.6. The molecule has 1 aliphatic rings. The van der Waals surface area contributed by atoms with Gasteiger partial charge in [-0.25, -0.2) is 0 Å². The summed E-state index contributed by atoms with van der Waals surface area (Å²) < 4.78 is 5.58. The third-order valence-electron chi connectivity index (χ3n) is 5.03. The standard InChI is InChI=1S/C16H21BrO2/c1-15(2)12(11-17)9-10-16(15,3)14(18)19-13-7-5-4-6-8-13/h4-8,12H,9-11H2,1-3H3/t12-,16-/m0/s1. The van der Waals surface area contributed by atoms with E-state index in [1.54, 1.807) is 0 Å². The van der Waals surface area contributed by atoms with Gasteiger partial charge in [0.05, 0.1) is 5.41 Å². The molecule has 0 amide bonds. The highest BCUT2D eigenvalue weighted by Gasteiger charge is 2.56.